The molecule has 0 aliphatic carbocycles. The van der Waals surface area contributed by atoms with Crippen LogP contribution in [0.5, 0.6) is 0 Å². The van der Waals surface area contributed by atoms with E-state index in [-0.39, 0.29) is 0 Å². The van der Waals surface area contributed by atoms with Crippen molar-refractivity contribution in [3.8, 4) is 0 Å². The van der Waals surface area contributed by atoms with E-state index in [0.29, 0.717) is 6.04 Å². The number of unbranched alkanes of at least 4 members (excludes halogenated alkanes) is 3. The summed E-state index contributed by atoms with van der Waals surface area (Å²) < 4.78 is 0. The van der Waals surface area contributed by atoms with Gasteiger partial charge in [0.05, 0.1) is 0 Å². The number of benzene rings is 1. The van der Waals surface area contributed by atoms with Crippen molar-refractivity contribution in [3.05, 3.63) is 33.4 Å². The summed E-state index contributed by atoms with van der Waals surface area (Å²) in [5, 5.41) is 3.73. The highest BCUT2D eigenvalue weighted by molar-refractivity contribution is 5.50. The van der Waals surface area contributed by atoms with Crippen LogP contribution in [0.25, 0.3) is 0 Å². The third kappa shape index (κ3) is 4.32. The van der Waals surface area contributed by atoms with Crippen LogP contribution in [0.1, 0.15) is 85.4 Å². The van der Waals surface area contributed by atoms with Gasteiger partial charge in [0.2, 0.25) is 0 Å². The van der Waals surface area contributed by atoms with Crippen LogP contribution in [0.3, 0.4) is 0 Å². The van der Waals surface area contributed by atoms with E-state index in [2.05, 4.69) is 53.8 Å². The molecule has 1 nitrogen and oxygen atoms in total. The van der Waals surface area contributed by atoms with Crippen molar-refractivity contribution in [3.63, 3.8) is 0 Å². The predicted molar refractivity (Wildman–Crippen MR) is 95.3 cm³/mol. The summed E-state index contributed by atoms with van der Waals surface area (Å²) in [5.74, 6) is 0. The Bertz CT molecular complexity index is 430. The topological polar surface area (TPSA) is 12.0 Å². The van der Waals surface area contributed by atoms with Gasteiger partial charge in [0.15, 0.2) is 0 Å². The Morgan fingerprint density at radius 2 is 1.24 bits per heavy atom. The molecule has 1 unspecified atom stereocenters. The van der Waals surface area contributed by atoms with Gasteiger partial charge in [-0.15, -0.1) is 0 Å². The minimum Gasteiger partial charge on any atom is -0.310 e. The fraction of sp³-hybridized carbons (Fsp3) is 0.700. The van der Waals surface area contributed by atoms with Crippen molar-refractivity contribution in [2.45, 2.75) is 86.6 Å². The summed E-state index contributed by atoms with van der Waals surface area (Å²) in [6, 6.07) is 0.518. The lowest BCUT2D eigenvalue weighted by Gasteiger charge is -2.26. The second kappa shape index (κ2) is 8.58. The molecule has 1 heteroatoms. The molecule has 0 aliphatic rings. The second-order valence-corrected chi connectivity index (χ2v) is 6.50. The van der Waals surface area contributed by atoms with E-state index in [1.54, 1.807) is 5.56 Å². The lowest BCUT2D eigenvalue weighted by molar-refractivity contribution is 0.478. The van der Waals surface area contributed by atoms with E-state index in [0.717, 1.165) is 6.54 Å². The molecule has 1 N–H and O–H groups in total. The van der Waals surface area contributed by atoms with Crippen LogP contribution in [-0.4, -0.2) is 6.54 Å². The Morgan fingerprint density at radius 3 is 1.71 bits per heavy atom. The van der Waals surface area contributed by atoms with Gasteiger partial charge in [0.1, 0.15) is 0 Å². The molecule has 1 aromatic carbocycles. The highest BCUT2D eigenvalue weighted by Gasteiger charge is 2.19. The van der Waals surface area contributed by atoms with E-state index < -0.39 is 0 Å². The Morgan fingerprint density at radius 1 is 0.714 bits per heavy atom. The first-order valence-electron chi connectivity index (χ1n) is 8.75. The first-order chi connectivity index (χ1) is 9.95. The van der Waals surface area contributed by atoms with E-state index in [1.807, 2.05) is 0 Å². The van der Waals surface area contributed by atoms with Crippen LogP contribution in [0.15, 0.2) is 0 Å². The molecule has 1 atom stereocenters. The molecular weight excluding hydrogens is 254 g/mol. The molecule has 0 heterocycles. The second-order valence-electron chi connectivity index (χ2n) is 6.50. The van der Waals surface area contributed by atoms with Crippen LogP contribution in [0.4, 0.5) is 0 Å². The zero-order chi connectivity index (χ0) is 16.0. The number of hydrogen-bond acceptors (Lipinski definition) is 1. The van der Waals surface area contributed by atoms with E-state index >= 15 is 0 Å². The lowest BCUT2D eigenvalue weighted by Crippen LogP contribution is -2.23. The van der Waals surface area contributed by atoms with Crippen LogP contribution >= 0.6 is 0 Å². The quantitative estimate of drug-likeness (QED) is 0.592. The van der Waals surface area contributed by atoms with Crippen LogP contribution in [-0.2, 0) is 0 Å². The molecule has 0 bridgehead atoms. The SMILES string of the molecule is CCCCCCC(NCC)c1c(C)c(C)c(C)c(C)c1C. The molecular formula is C20H35N. The average Bonchev–Trinajstić information content (AvgIpc) is 2.47. The molecule has 0 amide bonds. The van der Waals surface area contributed by atoms with Crippen molar-refractivity contribution in [2.75, 3.05) is 6.54 Å². The maximum Gasteiger partial charge on any atom is 0.0325 e. The standard InChI is InChI=1S/C20H35N/c1-8-10-11-12-13-19(21-9-2)20-17(6)15(4)14(3)16(5)18(20)7/h19,21H,8-13H2,1-7H3. The smallest absolute Gasteiger partial charge is 0.0325 e. The zero-order valence-corrected chi connectivity index (χ0v) is 15.3. The number of rotatable bonds is 8. The molecule has 0 aliphatic heterocycles. The highest BCUT2D eigenvalue weighted by Crippen LogP contribution is 2.32. The summed E-state index contributed by atoms with van der Waals surface area (Å²) in [4.78, 5) is 0. The molecule has 0 spiro atoms. The van der Waals surface area contributed by atoms with Gasteiger partial charge in [-0.1, -0.05) is 39.5 Å². The minimum atomic E-state index is 0.518. The first-order valence-corrected chi connectivity index (χ1v) is 8.75. The minimum absolute atomic E-state index is 0.518. The maximum absolute atomic E-state index is 3.73. The fourth-order valence-corrected chi connectivity index (χ4v) is 3.42. The summed E-state index contributed by atoms with van der Waals surface area (Å²) in [6.45, 7) is 17.0. The van der Waals surface area contributed by atoms with Crippen LogP contribution in [0, 0.1) is 34.6 Å². The third-order valence-electron chi connectivity index (χ3n) is 5.20. The Hall–Kier alpha value is -0.820. The molecule has 0 fully saturated rings. The highest BCUT2D eigenvalue weighted by atomic mass is 14.9. The molecule has 120 valence electrons. The average molecular weight is 290 g/mol. The van der Waals surface area contributed by atoms with Gasteiger partial charge in [0, 0.05) is 6.04 Å². The van der Waals surface area contributed by atoms with Crippen LogP contribution < -0.4 is 5.32 Å². The van der Waals surface area contributed by atoms with Crippen molar-refractivity contribution >= 4 is 0 Å². The molecule has 21 heavy (non-hydrogen) atoms. The Balaban J connectivity index is 3.07. The number of hydrogen-bond donors (Lipinski definition) is 1. The van der Waals surface area contributed by atoms with E-state index in [4.69, 9.17) is 0 Å². The van der Waals surface area contributed by atoms with Gasteiger partial charge in [-0.2, -0.15) is 0 Å². The largest absolute Gasteiger partial charge is 0.310 e. The van der Waals surface area contributed by atoms with E-state index in [9.17, 15) is 0 Å². The van der Waals surface area contributed by atoms with Crippen molar-refractivity contribution < 1.29 is 0 Å². The molecule has 1 rings (SSSR count). The normalized spacial score (nSPS) is 12.7. The van der Waals surface area contributed by atoms with Crippen molar-refractivity contribution in [1.29, 1.82) is 0 Å². The van der Waals surface area contributed by atoms with Gasteiger partial charge in [-0.3, -0.25) is 0 Å². The summed E-state index contributed by atoms with van der Waals surface area (Å²) in [5.41, 5.74) is 8.98. The molecule has 0 saturated carbocycles. The van der Waals surface area contributed by atoms with Gasteiger partial charge in [-0.05, 0) is 81.0 Å². The fourth-order valence-electron chi connectivity index (χ4n) is 3.42. The summed E-state index contributed by atoms with van der Waals surface area (Å²) >= 11 is 0. The Labute approximate surface area is 132 Å². The monoisotopic (exact) mass is 289 g/mol. The van der Waals surface area contributed by atoms with Gasteiger partial charge >= 0.3 is 0 Å². The van der Waals surface area contributed by atoms with Crippen LogP contribution in [0.2, 0.25) is 0 Å². The van der Waals surface area contributed by atoms with Gasteiger partial charge in [0.25, 0.3) is 0 Å². The zero-order valence-electron chi connectivity index (χ0n) is 15.3. The van der Waals surface area contributed by atoms with Crippen molar-refractivity contribution in [1.82, 2.24) is 5.32 Å². The lowest BCUT2D eigenvalue weighted by atomic mass is 9.84. The summed E-state index contributed by atoms with van der Waals surface area (Å²) in [6.07, 6.45) is 6.63. The predicted octanol–water partition coefficient (Wildman–Crippen LogP) is 5.85. The third-order valence-corrected chi connectivity index (χ3v) is 5.20. The molecule has 0 saturated heterocycles. The molecule has 0 radical (unpaired) electrons. The summed E-state index contributed by atoms with van der Waals surface area (Å²) in [7, 11) is 0. The molecule has 0 aromatic heterocycles. The number of nitrogens with one attached hydrogen (secondary N) is 1. The Kier molecular flexibility index (Phi) is 7.45. The van der Waals surface area contributed by atoms with Gasteiger partial charge < -0.3 is 5.32 Å². The van der Waals surface area contributed by atoms with Gasteiger partial charge in [-0.25, -0.2) is 0 Å². The first kappa shape index (κ1) is 18.2. The van der Waals surface area contributed by atoms with E-state index in [1.165, 1.54) is 59.9 Å². The van der Waals surface area contributed by atoms with Crippen molar-refractivity contribution in [2.24, 2.45) is 0 Å². The molecule has 1 aromatic rings. The maximum atomic E-state index is 3.73.